The van der Waals surface area contributed by atoms with Crippen molar-refractivity contribution in [2.24, 2.45) is 0 Å². The van der Waals surface area contributed by atoms with Gasteiger partial charge in [-0.2, -0.15) is 13.2 Å². The van der Waals surface area contributed by atoms with E-state index in [1.54, 1.807) is 18.6 Å². The molecule has 0 aliphatic carbocycles. The minimum Gasteiger partial charge on any atom is -0.472 e. The predicted molar refractivity (Wildman–Crippen MR) is 70.8 cm³/mol. The lowest BCUT2D eigenvalue weighted by atomic mass is 10.1. The Balaban J connectivity index is 1.97. The molecule has 0 aliphatic heterocycles. The van der Waals surface area contributed by atoms with Crippen molar-refractivity contribution in [3.8, 4) is 0 Å². The van der Waals surface area contributed by atoms with Gasteiger partial charge in [0.25, 0.3) is 5.91 Å². The summed E-state index contributed by atoms with van der Waals surface area (Å²) in [6.07, 6.45) is -0.688. The fraction of sp³-hybridized carbons (Fsp3) is 0.267. The molecule has 0 aliphatic rings. The third kappa shape index (κ3) is 4.11. The molecule has 1 atom stereocenters. The van der Waals surface area contributed by atoms with Gasteiger partial charge in [0.15, 0.2) is 0 Å². The van der Waals surface area contributed by atoms with Crippen LogP contribution in [0.25, 0.3) is 0 Å². The number of rotatable bonds is 4. The summed E-state index contributed by atoms with van der Waals surface area (Å²) in [7, 11) is 0. The van der Waals surface area contributed by atoms with E-state index in [9.17, 15) is 18.0 Å². The number of carbonyl (C=O) groups excluding carboxylic acids is 1. The van der Waals surface area contributed by atoms with Gasteiger partial charge in [-0.15, -0.1) is 0 Å². The molecule has 3 nitrogen and oxygen atoms in total. The molecular weight excluding hydrogens is 283 g/mol. The molecule has 0 bridgehead atoms. The summed E-state index contributed by atoms with van der Waals surface area (Å²) in [6, 6.07) is 5.77. The van der Waals surface area contributed by atoms with Crippen molar-refractivity contribution in [2.45, 2.75) is 25.6 Å². The van der Waals surface area contributed by atoms with Crippen LogP contribution >= 0.6 is 0 Å². The summed E-state index contributed by atoms with van der Waals surface area (Å²) < 4.78 is 42.2. The number of carbonyl (C=O) groups is 1. The molecule has 1 aromatic heterocycles. The molecule has 2 aromatic rings. The van der Waals surface area contributed by atoms with E-state index in [4.69, 9.17) is 4.42 Å². The summed E-state index contributed by atoms with van der Waals surface area (Å²) in [5, 5.41) is 2.73. The maximum Gasteiger partial charge on any atom is 0.416 e. The van der Waals surface area contributed by atoms with Gasteiger partial charge in [-0.1, -0.05) is 0 Å². The summed E-state index contributed by atoms with van der Waals surface area (Å²) in [4.78, 5) is 11.9. The van der Waals surface area contributed by atoms with E-state index in [1.165, 1.54) is 12.1 Å². The van der Waals surface area contributed by atoms with Crippen molar-refractivity contribution >= 4 is 5.91 Å². The van der Waals surface area contributed by atoms with Crippen LogP contribution in [0.15, 0.2) is 47.3 Å². The zero-order valence-electron chi connectivity index (χ0n) is 11.3. The fourth-order valence-electron chi connectivity index (χ4n) is 1.93. The molecule has 21 heavy (non-hydrogen) atoms. The van der Waals surface area contributed by atoms with E-state index >= 15 is 0 Å². The van der Waals surface area contributed by atoms with Crippen LogP contribution in [-0.2, 0) is 12.6 Å². The van der Waals surface area contributed by atoms with Crippen LogP contribution in [0.5, 0.6) is 0 Å². The number of alkyl halides is 3. The third-order valence-electron chi connectivity index (χ3n) is 2.97. The van der Waals surface area contributed by atoms with Crippen molar-refractivity contribution < 1.29 is 22.4 Å². The second-order valence-electron chi connectivity index (χ2n) is 4.79. The van der Waals surface area contributed by atoms with Gasteiger partial charge in [0.2, 0.25) is 0 Å². The lowest BCUT2D eigenvalue weighted by molar-refractivity contribution is -0.137. The zero-order chi connectivity index (χ0) is 15.5. The molecule has 1 N–H and O–H groups in total. The maximum absolute atomic E-state index is 12.4. The van der Waals surface area contributed by atoms with Gasteiger partial charge in [-0.25, -0.2) is 0 Å². The van der Waals surface area contributed by atoms with E-state index in [1.807, 2.05) is 6.92 Å². The number of furan rings is 1. The molecule has 0 spiro atoms. The van der Waals surface area contributed by atoms with Gasteiger partial charge < -0.3 is 9.73 Å². The van der Waals surface area contributed by atoms with Crippen LogP contribution in [-0.4, -0.2) is 11.9 Å². The Bertz CT molecular complexity index is 588. The normalized spacial score (nSPS) is 13.0. The van der Waals surface area contributed by atoms with E-state index in [-0.39, 0.29) is 11.6 Å². The third-order valence-corrected chi connectivity index (χ3v) is 2.97. The Morgan fingerprint density at radius 3 is 2.43 bits per heavy atom. The van der Waals surface area contributed by atoms with Crippen LogP contribution in [0.2, 0.25) is 0 Å². The smallest absolute Gasteiger partial charge is 0.416 e. The first-order valence-corrected chi connectivity index (χ1v) is 6.35. The first-order valence-electron chi connectivity index (χ1n) is 6.35. The Kier molecular flexibility index (Phi) is 4.35. The summed E-state index contributed by atoms with van der Waals surface area (Å²) >= 11 is 0. The molecule has 1 aromatic carbocycles. The maximum atomic E-state index is 12.4. The lowest BCUT2D eigenvalue weighted by Crippen LogP contribution is -2.34. The highest BCUT2D eigenvalue weighted by atomic mass is 19.4. The quantitative estimate of drug-likeness (QED) is 0.935. The molecule has 1 unspecified atom stereocenters. The first-order chi connectivity index (χ1) is 9.86. The number of benzene rings is 1. The van der Waals surface area contributed by atoms with Crippen molar-refractivity contribution in [2.75, 3.05) is 0 Å². The molecule has 6 heteroatoms. The van der Waals surface area contributed by atoms with E-state index < -0.39 is 17.6 Å². The summed E-state index contributed by atoms with van der Waals surface area (Å²) in [5.74, 6) is -0.403. The molecule has 0 fully saturated rings. The molecular formula is C15H14F3NO2. The monoisotopic (exact) mass is 297 g/mol. The molecule has 0 radical (unpaired) electrons. The molecule has 1 heterocycles. The van der Waals surface area contributed by atoms with Gasteiger partial charge in [0.1, 0.15) is 0 Å². The topological polar surface area (TPSA) is 42.2 Å². The van der Waals surface area contributed by atoms with E-state index in [0.29, 0.717) is 6.42 Å². The highest BCUT2D eigenvalue weighted by molar-refractivity contribution is 5.94. The molecule has 1 amide bonds. The molecule has 0 saturated heterocycles. The highest BCUT2D eigenvalue weighted by Gasteiger charge is 2.30. The van der Waals surface area contributed by atoms with Crippen molar-refractivity contribution in [1.29, 1.82) is 0 Å². The van der Waals surface area contributed by atoms with Gasteiger partial charge in [-0.05, 0) is 49.2 Å². The van der Waals surface area contributed by atoms with Crippen LogP contribution in [0.3, 0.4) is 0 Å². The number of amides is 1. The van der Waals surface area contributed by atoms with Gasteiger partial charge in [-0.3, -0.25) is 4.79 Å². The van der Waals surface area contributed by atoms with Crippen LogP contribution in [0.1, 0.15) is 28.4 Å². The predicted octanol–water partition coefficient (Wildman–Crippen LogP) is 3.66. The average molecular weight is 297 g/mol. The highest BCUT2D eigenvalue weighted by Crippen LogP contribution is 2.29. The van der Waals surface area contributed by atoms with Crippen LogP contribution in [0, 0.1) is 0 Å². The number of halogens is 3. The Morgan fingerprint density at radius 1 is 1.24 bits per heavy atom. The zero-order valence-corrected chi connectivity index (χ0v) is 11.3. The Hall–Kier alpha value is -2.24. The minimum absolute atomic E-state index is 0.155. The standard InChI is InChI=1S/C15H14F3NO2/c1-10(8-11-6-7-21-9-11)19-14(20)12-2-4-13(5-3-12)15(16,17)18/h2-7,9-10H,8H2,1H3,(H,19,20). The number of hydrogen-bond acceptors (Lipinski definition) is 2. The van der Waals surface area contributed by atoms with E-state index in [0.717, 1.165) is 17.7 Å². The lowest BCUT2D eigenvalue weighted by Gasteiger charge is -2.13. The number of hydrogen-bond donors (Lipinski definition) is 1. The molecule has 0 saturated carbocycles. The average Bonchev–Trinajstić information content (AvgIpc) is 2.90. The van der Waals surface area contributed by atoms with Crippen LogP contribution < -0.4 is 5.32 Å². The number of nitrogens with one attached hydrogen (secondary N) is 1. The Labute approximate surface area is 119 Å². The van der Waals surface area contributed by atoms with Crippen molar-refractivity contribution in [3.63, 3.8) is 0 Å². The largest absolute Gasteiger partial charge is 0.472 e. The van der Waals surface area contributed by atoms with Crippen molar-refractivity contribution in [1.82, 2.24) is 5.32 Å². The van der Waals surface area contributed by atoms with Gasteiger partial charge in [0, 0.05) is 11.6 Å². The second kappa shape index (κ2) is 6.03. The molecule has 112 valence electrons. The SMILES string of the molecule is CC(Cc1ccoc1)NC(=O)c1ccc(C(F)(F)F)cc1. The van der Waals surface area contributed by atoms with Gasteiger partial charge >= 0.3 is 6.18 Å². The van der Waals surface area contributed by atoms with Crippen molar-refractivity contribution in [3.05, 3.63) is 59.5 Å². The van der Waals surface area contributed by atoms with E-state index in [2.05, 4.69) is 5.32 Å². The van der Waals surface area contributed by atoms with Crippen LogP contribution in [0.4, 0.5) is 13.2 Å². The van der Waals surface area contributed by atoms with Gasteiger partial charge in [0.05, 0.1) is 18.1 Å². The first kappa shape index (κ1) is 15.2. The second-order valence-corrected chi connectivity index (χ2v) is 4.79. The summed E-state index contributed by atoms with van der Waals surface area (Å²) in [5.41, 5.74) is 0.364. The fourth-order valence-corrected chi connectivity index (χ4v) is 1.93. The summed E-state index contributed by atoms with van der Waals surface area (Å²) in [6.45, 7) is 1.81. The Morgan fingerprint density at radius 2 is 1.90 bits per heavy atom. The molecule has 2 rings (SSSR count). The minimum atomic E-state index is -4.40.